The summed E-state index contributed by atoms with van der Waals surface area (Å²) in [5.74, 6) is -0.831. The Morgan fingerprint density at radius 3 is 1.94 bits per heavy atom. The van der Waals surface area contributed by atoms with E-state index in [-0.39, 0.29) is 5.56 Å². The molecule has 2 aliphatic rings. The van der Waals surface area contributed by atoms with Gasteiger partial charge in [0.15, 0.2) is 0 Å². The van der Waals surface area contributed by atoms with Crippen molar-refractivity contribution in [2.75, 3.05) is 0 Å². The van der Waals surface area contributed by atoms with Crippen LogP contribution in [0.15, 0.2) is 48.5 Å². The van der Waals surface area contributed by atoms with Gasteiger partial charge in [-0.15, -0.1) is 0 Å². The molecule has 2 fully saturated rings. The van der Waals surface area contributed by atoms with Crippen LogP contribution in [0.5, 0.6) is 0 Å². The van der Waals surface area contributed by atoms with Crippen LogP contribution < -0.4 is 10.6 Å². The Kier molecular flexibility index (Phi) is 6.65. The van der Waals surface area contributed by atoms with E-state index in [4.69, 9.17) is 0 Å². The van der Waals surface area contributed by atoms with Crippen molar-refractivity contribution < 1.29 is 27.5 Å². The smallest absolute Gasteiger partial charge is 0.385 e. The average molecular weight is 504 g/mol. The second-order valence-corrected chi connectivity index (χ2v) is 10.5. The van der Waals surface area contributed by atoms with Gasteiger partial charge in [0, 0.05) is 6.42 Å². The van der Waals surface area contributed by atoms with E-state index in [9.17, 15) is 32.7 Å². The van der Waals surface area contributed by atoms with Crippen LogP contribution in [0.2, 0.25) is 0 Å². The molecule has 4 rings (SSSR count). The first kappa shape index (κ1) is 26.1. The second-order valence-electron chi connectivity index (χ2n) is 10.5. The summed E-state index contributed by atoms with van der Waals surface area (Å²) in [4.78, 5) is 12.8. The van der Waals surface area contributed by atoms with Crippen LogP contribution in [0, 0.1) is 11.3 Å². The maximum atomic E-state index is 14.4. The van der Waals surface area contributed by atoms with Crippen molar-refractivity contribution in [2.24, 2.45) is 0 Å². The number of carbonyl (C=O) groups excluding carboxylic acids is 1. The Labute approximate surface area is 207 Å². The summed E-state index contributed by atoms with van der Waals surface area (Å²) in [5, 5.41) is 24.3. The van der Waals surface area contributed by atoms with Crippen molar-refractivity contribution >= 4 is 5.91 Å². The highest BCUT2D eigenvalue weighted by Crippen LogP contribution is 2.45. The Morgan fingerprint density at radius 2 is 1.53 bits per heavy atom. The molecule has 2 aliphatic carbocycles. The van der Waals surface area contributed by atoms with E-state index in [1.165, 1.54) is 26.0 Å². The number of carbonyl (C=O) groups is 1. The van der Waals surface area contributed by atoms with Gasteiger partial charge in [-0.2, -0.15) is 18.4 Å². The van der Waals surface area contributed by atoms with Gasteiger partial charge in [0.25, 0.3) is 0 Å². The Morgan fingerprint density at radius 1 is 1.00 bits per heavy atom. The first-order valence-corrected chi connectivity index (χ1v) is 11.9. The molecule has 192 valence electrons. The van der Waals surface area contributed by atoms with Gasteiger partial charge in [0.1, 0.15) is 17.2 Å². The molecule has 36 heavy (non-hydrogen) atoms. The molecule has 0 heterocycles. The predicted octanol–water partition coefficient (Wildman–Crippen LogP) is 5.21. The van der Waals surface area contributed by atoms with Crippen LogP contribution in [-0.2, 0) is 10.4 Å². The lowest BCUT2D eigenvalue weighted by molar-refractivity contribution is -0.161. The number of amides is 1. The van der Waals surface area contributed by atoms with Crippen LogP contribution in [0.3, 0.4) is 0 Å². The molecular weight excluding hydrogens is 474 g/mol. The molecule has 2 atom stereocenters. The molecule has 0 bridgehead atoms. The molecule has 0 saturated heterocycles. The summed E-state index contributed by atoms with van der Waals surface area (Å²) >= 11 is 0. The van der Waals surface area contributed by atoms with Gasteiger partial charge in [0.2, 0.25) is 5.91 Å². The summed E-state index contributed by atoms with van der Waals surface area (Å²) in [5.41, 5.74) is -1.60. The fourth-order valence-electron chi connectivity index (χ4n) is 4.25. The third-order valence-electron chi connectivity index (χ3n) is 6.75. The number of nitriles is 1. The molecule has 3 N–H and O–H groups in total. The quantitative estimate of drug-likeness (QED) is 0.411. The topological polar surface area (TPSA) is 85.2 Å². The minimum absolute atomic E-state index is 0.119. The summed E-state index contributed by atoms with van der Waals surface area (Å²) in [6.45, 7) is 2.38. The highest BCUT2D eigenvalue weighted by molar-refractivity contribution is 5.83. The lowest BCUT2D eigenvalue weighted by Gasteiger charge is -2.30. The minimum atomic E-state index is -4.76. The van der Waals surface area contributed by atoms with Crippen LogP contribution in [0.1, 0.15) is 63.1 Å². The molecule has 9 heteroatoms. The normalized spacial score (nSPS) is 19.6. The Hall–Kier alpha value is -2.96. The van der Waals surface area contributed by atoms with E-state index in [1.807, 2.05) is 30.3 Å². The molecule has 2 aromatic rings. The van der Waals surface area contributed by atoms with Crippen LogP contribution in [0.4, 0.5) is 17.6 Å². The lowest BCUT2D eigenvalue weighted by Crippen LogP contribution is -2.53. The first-order chi connectivity index (χ1) is 16.7. The largest absolute Gasteiger partial charge is 0.407 e. The first-order valence-electron chi connectivity index (χ1n) is 11.9. The van der Waals surface area contributed by atoms with E-state index >= 15 is 0 Å². The minimum Gasteiger partial charge on any atom is -0.385 e. The van der Waals surface area contributed by atoms with E-state index in [0.717, 1.165) is 11.1 Å². The summed E-state index contributed by atoms with van der Waals surface area (Å²) in [6.07, 6.45) is -3.01. The third-order valence-corrected chi connectivity index (χ3v) is 6.75. The number of rotatable bonds is 9. The van der Waals surface area contributed by atoms with Crippen molar-refractivity contribution in [3.8, 4) is 17.2 Å². The van der Waals surface area contributed by atoms with Gasteiger partial charge in [-0.05, 0) is 61.8 Å². The number of nitrogens with zero attached hydrogens (tertiary/aromatic N) is 1. The monoisotopic (exact) mass is 503 g/mol. The Balaban J connectivity index is 1.55. The fourth-order valence-corrected chi connectivity index (χ4v) is 4.25. The zero-order valence-electron chi connectivity index (χ0n) is 20.1. The van der Waals surface area contributed by atoms with Crippen molar-refractivity contribution in [3.63, 3.8) is 0 Å². The number of alkyl halides is 4. The lowest BCUT2D eigenvalue weighted by atomic mass is 9.96. The van der Waals surface area contributed by atoms with Crippen molar-refractivity contribution in [3.05, 3.63) is 59.7 Å². The highest BCUT2D eigenvalue weighted by atomic mass is 19.4. The molecule has 0 radical (unpaired) electrons. The maximum Gasteiger partial charge on any atom is 0.407 e. The second kappa shape index (κ2) is 9.16. The van der Waals surface area contributed by atoms with Crippen molar-refractivity contribution in [2.45, 2.75) is 81.0 Å². The average Bonchev–Trinajstić information content (AvgIpc) is 3.74. The SMILES string of the molecule is CC(C)(F)C[C@H](N[C@@H](c1ccc(-c2ccc(C3(O)CC3)cc2)cc1)C(F)(F)F)C(=O)NC1(C#N)CC1. The van der Waals surface area contributed by atoms with Crippen molar-refractivity contribution in [1.29, 1.82) is 5.26 Å². The number of hydrogen-bond donors (Lipinski definition) is 3. The molecule has 2 aromatic carbocycles. The molecule has 0 aliphatic heterocycles. The highest BCUT2D eigenvalue weighted by Gasteiger charge is 2.48. The number of benzene rings is 2. The van der Waals surface area contributed by atoms with Gasteiger partial charge in [0.05, 0.1) is 17.7 Å². The zero-order valence-corrected chi connectivity index (χ0v) is 20.1. The van der Waals surface area contributed by atoms with Gasteiger partial charge in [-0.1, -0.05) is 48.5 Å². The maximum absolute atomic E-state index is 14.4. The van der Waals surface area contributed by atoms with E-state index in [1.54, 1.807) is 12.1 Å². The van der Waals surface area contributed by atoms with E-state index in [0.29, 0.717) is 31.2 Å². The number of hydrogen-bond acceptors (Lipinski definition) is 4. The van der Waals surface area contributed by atoms with E-state index in [2.05, 4.69) is 10.6 Å². The summed E-state index contributed by atoms with van der Waals surface area (Å²) in [6, 6.07) is 11.3. The fraction of sp³-hybridized carbons (Fsp3) is 0.481. The van der Waals surface area contributed by atoms with Gasteiger partial charge in [-0.25, -0.2) is 4.39 Å². The number of nitrogens with one attached hydrogen (secondary N) is 2. The number of aliphatic hydroxyl groups is 1. The molecule has 0 aromatic heterocycles. The van der Waals surface area contributed by atoms with Gasteiger partial charge >= 0.3 is 6.18 Å². The van der Waals surface area contributed by atoms with Crippen molar-refractivity contribution in [1.82, 2.24) is 10.6 Å². The van der Waals surface area contributed by atoms with Crippen LogP contribution >= 0.6 is 0 Å². The van der Waals surface area contributed by atoms with E-state index < -0.39 is 47.4 Å². The molecular formula is C27H29F4N3O2. The van der Waals surface area contributed by atoms with Gasteiger partial charge < -0.3 is 10.4 Å². The Bertz CT molecular complexity index is 1140. The zero-order chi connectivity index (χ0) is 26.4. The molecule has 1 amide bonds. The number of halogens is 4. The standard InChI is InChI=1S/C27H29F4N3O2/c1-24(2,28)15-21(23(35)34-25(16-32)11-12-25)33-22(27(29,30)31)19-5-3-17(4-6-19)18-7-9-20(10-8-18)26(36)13-14-26/h3-10,21-22,33,36H,11-15H2,1-2H3,(H,34,35)/t21-,22-/m0/s1. The summed E-state index contributed by atoms with van der Waals surface area (Å²) < 4.78 is 56.7. The molecule has 5 nitrogen and oxygen atoms in total. The van der Waals surface area contributed by atoms with Crippen LogP contribution in [-0.4, -0.2) is 34.4 Å². The molecule has 2 saturated carbocycles. The predicted molar refractivity (Wildman–Crippen MR) is 126 cm³/mol. The van der Waals surface area contributed by atoms with Gasteiger partial charge in [-0.3, -0.25) is 10.1 Å². The van der Waals surface area contributed by atoms with Crippen LogP contribution in [0.25, 0.3) is 11.1 Å². The third kappa shape index (κ3) is 6.05. The molecule has 0 unspecified atom stereocenters. The summed E-state index contributed by atoms with van der Waals surface area (Å²) in [7, 11) is 0. The molecule has 0 spiro atoms.